The van der Waals surface area contributed by atoms with Crippen LogP contribution in [0.5, 0.6) is 5.75 Å². The summed E-state index contributed by atoms with van der Waals surface area (Å²) in [6, 6.07) is 24.0. The topological polar surface area (TPSA) is 94.8 Å². The number of hydrogen-bond donors (Lipinski definition) is 1. The van der Waals surface area contributed by atoms with E-state index in [0.717, 1.165) is 22.3 Å². The molecule has 5 aromatic rings. The number of methoxy groups -OCH3 is 1. The Morgan fingerprint density at radius 2 is 1.63 bits per heavy atom. The normalized spacial score (nSPS) is 11.6. The van der Waals surface area contributed by atoms with Gasteiger partial charge in [-0.1, -0.05) is 42.5 Å². The fourth-order valence-electron chi connectivity index (χ4n) is 4.08. The Morgan fingerprint density at radius 3 is 2.37 bits per heavy atom. The number of nitrogens with one attached hydrogen (secondary N) is 1. The largest absolute Gasteiger partial charge is 0.489 e. The number of fused-ring (bicyclic) bond motifs is 1. The summed E-state index contributed by atoms with van der Waals surface area (Å²) in [4.78, 5) is 34.0. The molecular formula is C30H26N4O4. The van der Waals surface area contributed by atoms with Gasteiger partial charge in [0.05, 0.1) is 7.11 Å². The Kier molecular flexibility index (Phi) is 7.40. The Hall–Kier alpha value is -4.98. The van der Waals surface area contributed by atoms with Crippen LogP contribution >= 0.6 is 0 Å². The summed E-state index contributed by atoms with van der Waals surface area (Å²) in [6.07, 6.45) is 7.25. The van der Waals surface area contributed by atoms with Crippen molar-refractivity contribution in [3.8, 4) is 16.9 Å². The van der Waals surface area contributed by atoms with Gasteiger partial charge < -0.3 is 19.2 Å². The van der Waals surface area contributed by atoms with Crippen LogP contribution in [0.15, 0.2) is 104 Å². The second kappa shape index (κ2) is 11.4. The Balaban J connectivity index is 1.26. The molecule has 2 aromatic carbocycles. The zero-order valence-electron chi connectivity index (χ0n) is 20.8. The number of carbonyl (C=O) groups excluding carboxylic acids is 2. The Labute approximate surface area is 219 Å². The highest BCUT2D eigenvalue weighted by atomic mass is 16.5. The first-order chi connectivity index (χ1) is 18.6. The first kappa shape index (κ1) is 24.7. The van der Waals surface area contributed by atoms with Crippen molar-refractivity contribution in [3.05, 3.63) is 120 Å². The van der Waals surface area contributed by atoms with Crippen molar-refractivity contribution >= 4 is 17.5 Å². The third-order valence-electron chi connectivity index (χ3n) is 6.10. The van der Waals surface area contributed by atoms with Gasteiger partial charge in [-0.3, -0.25) is 9.78 Å². The maximum absolute atomic E-state index is 13.0. The van der Waals surface area contributed by atoms with Gasteiger partial charge in [0.1, 0.15) is 29.7 Å². The number of carbonyl (C=O) groups is 2. The van der Waals surface area contributed by atoms with Gasteiger partial charge in [-0.2, -0.15) is 0 Å². The molecule has 0 aliphatic heterocycles. The van der Waals surface area contributed by atoms with E-state index in [1.165, 1.54) is 7.11 Å². The summed E-state index contributed by atoms with van der Waals surface area (Å²) in [5, 5.41) is 2.77. The second-order valence-electron chi connectivity index (χ2n) is 8.72. The molecule has 0 saturated carbocycles. The van der Waals surface area contributed by atoms with Crippen LogP contribution in [0.4, 0.5) is 0 Å². The molecule has 0 saturated heterocycles. The summed E-state index contributed by atoms with van der Waals surface area (Å²) < 4.78 is 12.6. The van der Waals surface area contributed by atoms with Crippen molar-refractivity contribution in [2.45, 2.75) is 19.1 Å². The van der Waals surface area contributed by atoms with Crippen molar-refractivity contribution in [2.24, 2.45) is 0 Å². The molecule has 0 bridgehead atoms. The first-order valence-corrected chi connectivity index (χ1v) is 12.1. The zero-order chi connectivity index (χ0) is 26.3. The minimum atomic E-state index is -0.874. The maximum Gasteiger partial charge on any atom is 0.328 e. The van der Waals surface area contributed by atoms with Crippen LogP contribution in [-0.4, -0.2) is 39.4 Å². The number of amides is 1. The number of benzene rings is 2. The molecule has 1 atom stereocenters. The predicted octanol–water partition coefficient (Wildman–Crippen LogP) is 4.49. The van der Waals surface area contributed by atoms with Crippen LogP contribution in [0.25, 0.3) is 16.8 Å². The third kappa shape index (κ3) is 5.87. The first-order valence-electron chi connectivity index (χ1n) is 12.1. The summed E-state index contributed by atoms with van der Waals surface area (Å²) in [6.45, 7) is 0.462. The van der Waals surface area contributed by atoms with Gasteiger partial charge in [-0.05, 0) is 58.7 Å². The van der Waals surface area contributed by atoms with Gasteiger partial charge in [0, 0.05) is 31.2 Å². The molecule has 190 valence electrons. The average Bonchev–Trinajstić information content (AvgIpc) is 3.41. The van der Waals surface area contributed by atoms with Crippen molar-refractivity contribution in [1.29, 1.82) is 0 Å². The van der Waals surface area contributed by atoms with E-state index >= 15 is 0 Å². The van der Waals surface area contributed by atoms with Gasteiger partial charge in [-0.25, -0.2) is 9.78 Å². The van der Waals surface area contributed by atoms with E-state index in [2.05, 4.69) is 15.3 Å². The average molecular weight is 507 g/mol. The number of nitrogens with zero attached hydrogens (tertiary/aromatic N) is 3. The molecule has 0 aliphatic rings. The Morgan fingerprint density at radius 1 is 0.868 bits per heavy atom. The molecule has 0 aliphatic carbocycles. The fourth-order valence-corrected chi connectivity index (χ4v) is 4.08. The molecule has 8 nitrogen and oxygen atoms in total. The van der Waals surface area contributed by atoms with Gasteiger partial charge in [0.15, 0.2) is 0 Å². The van der Waals surface area contributed by atoms with Crippen LogP contribution < -0.4 is 10.1 Å². The highest BCUT2D eigenvalue weighted by molar-refractivity contribution is 5.95. The molecule has 8 heteroatoms. The number of ether oxygens (including phenoxy) is 2. The molecule has 0 radical (unpaired) electrons. The highest BCUT2D eigenvalue weighted by Crippen LogP contribution is 2.20. The summed E-state index contributed by atoms with van der Waals surface area (Å²) in [5.74, 6) is -0.282. The number of aromatic nitrogens is 3. The lowest BCUT2D eigenvalue weighted by atomic mass is 10.1. The molecule has 0 spiro atoms. The summed E-state index contributed by atoms with van der Waals surface area (Å²) in [7, 11) is 1.30. The maximum atomic E-state index is 13.0. The molecule has 1 amide bonds. The quantitative estimate of drug-likeness (QED) is 0.296. The number of hydrogen-bond acceptors (Lipinski definition) is 6. The van der Waals surface area contributed by atoms with Crippen molar-refractivity contribution in [1.82, 2.24) is 19.7 Å². The van der Waals surface area contributed by atoms with Gasteiger partial charge >= 0.3 is 5.97 Å². The predicted molar refractivity (Wildman–Crippen MR) is 143 cm³/mol. The molecule has 3 heterocycles. The van der Waals surface area contributed by atoms with Crippen LogP contribution in [0.1, 0.15) is 21.6 Å². The SMILES string of the molecule is COC(=O)C(Cc1ccc(OCc2ccccc2)cc1)NC(=O)c1cn2cc(-c3ccncc3)ccc2n1. The minimum absolute atomic E-state index is 0.204. The van der Waals surface area contributed by atoms with Crippen molar-refractivity contribution in [2.75, 3.05) is 7.11 Å². The molecular weight excluding hydrogens is 480 g/mol. The lowest BCUT2D eigenvalue weighted by Crippen LogP contribution is -2.43. The summed E-state index contributed by atoms with van der Waals surface area (Å²) >= 11 is 0. The van der Waals surface area contributed by atoms with E-state index < -0.39 is 17.9 Å². The molecule has 38 heavy (non-hydrogen) atoms. The molecule has 0 fully saturated rings. The van der Waals surface area contributed by atoms with E-state index in [-0.39, 0.29) is 12.1 Å². The van der Waals surface area contributed by atoms with Crippen molar-refractivity contribution in [3.63, 3.8) is 0 Å². The van der Waals surface area contributed by atoms with Crippen LogP contribution in [-0.2, 0) is 22.6 Å². The number of imidazole rings is 1. The fraction of sp³-hybridized carbons (Fsp3) is 0.133. The van der Waals surface area contributed by atoms with Crippen LogP contribution in [0.2, 0.25) is 0 Å². The van der Waals surface area contributed by atoms with E-state index in [1.807, 2.05) is 85.1 Å². The minimum Gasteiger partial charge on any atom is -0.489 e. The third-order valence-corrected chi connectivity index (χ3v) is 6.10. The molecule has 1 unspecified atom stereocenters. The lowest BCUT2D eigenvalue weighted by molar-refractivity contribution is -0.142. The Bertz CT molecular complexity index is 1530. The monoisotopic (exact) mass is 506 g/mol. The van der Waals surface area contributed by atoms with Gasteiger partial charge in [0.25, 0.3) is 5.91 Å². The van der Waals surface area contributed by atoms with E-state index in [4.69, 9.17) is 9.47 Å². The van der Waals surface area contributed by atoms with Gasteiger partial charge in [0.2, 0.25) is 0 Å². The lowest BCUT2D eigenvalue weighted by Gasteiger charge is -2.16. The zero-order valence-corrected chi connectivity index (χ0v) is 20.8. The molecule has 5 rings (SSSR count). The number of pyridine rings is 2. The van der Waals surface area contributed by atoms with Gasteiger partial charge in [-0.15, -0.1) is 0 Å². The number of esters is 1. The molecule has 1 N–H and O–H groups in total. The second-order valence-corrected chi connectivity index (χ2v) is 8.72. The number of rotatable bonds is 9. The van der Waals surface area contributed by atoms with Crippen LogP contribution in [0, 0.1) is 0 Å². The standard InChI is InChI=1S/C30H26N4O4/c1-37-30(36)26(17-21-7-10-25(11-8-21)38-20-22-5-3-2-4-6-22)33-29(35)27-19-34-18-24(9-12-28(34)32-27)23-13-15-31-16-14-23/h2-16,18-19,26H,17,20H2,1H3,(H,33,35). The highest BCUT2D eigenvalue weighted by Gasteiger charge is 2.24. The van der Waals surface area contributed by atoms with Crippen molar-refractivity contribution < 1.29 is 19.1 Å². The van der Waals surface area contributed by atoms with Crippen LogP contribution in [0.3, 0.4) is 0 Å². The van der Waals surface area contributed by atoms with E-state index in [0.29, 0.717) is 18.0 Å². The molecule has 3 aromatic heterocycles. The smallest absolute Gasteiger partial charge is 0.328 e. The summed E-state index contributed by atoms with van der Waals surface area (Å²) in [5.41, 5.74) is 4.72. The van der Waals surface area contributed by atoms with E-state index in [9.17, 15) is 9.59 Å². The van der Waals surface area contributed by atoms with E-state index in [1.54, 1.807) is 23.0 Å².